The summed E-state index contributed by atoms with van der Waals surface area (Å²) < 4.78 is 0. The van der Waals surface area contributed by atoms with Gasteiger partial charge in [0.1, 0.15) is 6.04 Å². The molecule has 1 aliphatic carbocycles. The van der Waals surface area contributed by atoms with E-state index in [1.807, 2.05) is 24.0 Å². The average Bonchev–Trinajstić information content (AvgIpc) is 2.86. The molecule has 1 saturated carbocycles. The molecule has 5 nitrogen and oxygen atoms in total. The summed E-state index contributed by atoms with van der Waals surface area (Å²) in [7, 11) is 0. The Morgan fingerprint density at radius 2 is 1.34 bits per heavy atom. The van der Waals surface area contributed by atoms with Gasteiger partial charge in [-0.1, -0.05) is 79.9 Å². The quantitative estimate of drug-likeness (QED) is 0.749. The Morgan fingerprint density at radius 3 is 1.88 bits per heavy atom. The summed E-state index contributed by atoms with van der Waals surface area (Å²) in [5.41, 5.74) is 2.54. The van der Waals surface area contributed by atoms with E-state index in [0.29, 0.717) is 13.1 Å². The number of benzene rings is 2. The molecule has 1 unspecified atom stereocenters. The van der Waals surface area contributed by atoms with Crippen LogP contribution in [0.15, 0.2) is 60.7 Å². The number of nitrogens with zero attached hydrogens (tertiary/aromatic N) is 2. The van der Waals surface area contributed by atoms with E-state index in [1.54, 1.807) is 0 Å². The highest BCUT2D eigenvalue weighted by Gasteiger charge is 2.31. The molecule has 2 amide bonds. The summed E-state index contributed by atoms with van der Waals surface area (Å²) in [5.74, 6) is 0.163. The minimum atomic E-state index is -0.463. The zero-order valence-corrected chi connectivity index (χ0v) is 19.1. The molecule has 5 heteroatoms. The molecule has 0 spiro atoms. The largest absolute Gasteiger partial charge is 0.344 e. The monoisotopic (exact) mass is 433 g/mol. The fourth-order valence-electron chi connectivity index (χ4n) is 5.12. The zero-order valence-electron chi connectivity index (χ0n) is 19.1. The summed E-state index contributed by atoms with van der Waals surface area (Å²) in [6.45, 7) is 4.80. The third kappa shape index (κ3) is 5.39. The summed E-state index contributed by atoms with van der Waals surface area (Å²) in [6.07, 6.45) is 5.35. The maximum Gasteiger partial charge on any atom is 0.244 e. The van der Waals surface area contributed by atoms with E-state index in [1.165, 1.54) is 17.5 Å². The van der Waals surface area contributed by atoms with Crippen molar-refractivity contribution in [2.75, 3.05) is 26.2 Å². The van der Waals surface area contributed by atoms with Crippen LogP contribution in [0.1, 0.15) is 56.2 Å². The Hall–Kier alpha value is -2.66. The van der Waals surface area contributed by atoms with Gasteiger partial charge in [-0.2, -0.15) is 0 Å². The summed E-state index contributed by atoms with van der Waals surface area (Å²) in [6, 6.07) is 20.9. The van der Waals surface area contributed by atoms with Gasteiger partial charge in [-0.3, -0.25) is 14.5 Å². The molecule has 1 N–H and O–H groups in total. The predicted molar refractivity (Wildman–Crippen MR) is 127 cm³/mol. The van der Waals surface area contributed by atoms with E-state index in [2.05, 4.69) is 58.7 Å². The van der Waals surface area contributed by atoms with Crippen LogP contribution in [-0.4, -0.2) is 53.8 Å². The Labute approximate surface area is 191 Å². The van der Waals surface area contributed by atoms with E-state index >= 15 is 0 Å². The first kappa shape index (κ1) is 22.5. The number of piperazine rings is 1. The minimum absolute atomic E-state index is 0.0322. The lowest BCUT2D eigenvalue weighted by molar-refractivity contribution is -0.138. The molecule has 0 radical (unpaired) electrons. The smallest absolute Gasteiger partial charge is 0.244 e. The highest BCUT2D eigenvalue weighted by molar-refractivity contribution is 5.88. The summed E-state index contributed by atoms with van der Waals surface area (Å²) in [5, 5.41) is 2.99. The molecule has 1 saturated heterocycles. The number of hydrogen-bond donors (Lipinski definition) is 1. The van der Waals surface area contributed by atoms with Gasteiger partial charge in [-0.15, -0.1) is 0 Å². The molecule has 2 aliphatic rings. The van der Waals surface area contributed by atoms with Gasteiger partial charge in [-0.05, 0) is 30.9 Å². The van der Waals surface area contributed by atoms with Gasteiger partial charge in [0.25, 0.3) is 0 Å². The minimum Gasteiger partial charge on any atom is -0.344 e. The van der Waals surface area contributed by atoms with Crippen molar-refractivity contribution in [2.45, 2.75) is 51.1 Å². The van der Waals surface area contributed by atoms with E-state index in [-0.39, 0.29) is 23.8 Å². The second-order valence-electron chi connectivity index (χ2n) is 9.15. The molecule has 170 valence electrons. The third-order valence-corrected chi connectivity index (χ3v) is 6.93. The third-order valence-electron chi connectivity index (χ3n) is 6.93. The second kappa shape index (κ2) is 10.8. The van der Waals surface area contributed by atoms with Crippen LogP contribution in [0, 0.1) is 5.92 Å². The number of carbonyl (C=O) groups is 2. The maximum atomic E-state index is 13.0. The lowest BCUT2D eigenvalue weighted by atomic mass is 9.88. The molecule has 2 aromatic carbocycles. The van der Waals surface area contributed by atoms with Crippen molar-refractivity contribution in [3.05, 3.63) is 71.8 Å². The summed E-state index contributed by atoms with van der Waals surface area (Å²) in [4.78, 5) is 30.0. The van der Waals surface area contributed by atoms with Crippen LogP contribution in [0.5, 0.6) is 0 Å². The Kier molecular flexibility index (Phi) is 7.59. The van der Waals surface area contributed by atoms with Crippen LogP contribution >= 0.6 is 0 Å². The molecule has 0 bridgehead atoms. The molecule has 4 rings (SSSR count). The van der Waals surface area contributed by atoms with Gasteiger partial charge in [0.15, 0.2) is 0 Å². The van der Waals surface area contributed by atoms with Gasteiger partial charge in [0.05, 0.1) is 6.04 Å². The molecular weight excluding hydrogens is 398 g/mol. The molecular formula is C27H35N3O2. The van der Waals surface area contributed by atoms with Crippen molar-refractivity contribution in [1.29, 1.82) is 0 Å². The normalized spacial score (nSPS) is 19.0. The fraction of sp³-hybridized carbons (Fsp3) is 0.481. The van der Waals surface area contributed by atoms with E-state index < -0.39 is 6.04 Å². The van der Waals surface area contributed by atoms with Gasteiger partial charge >= 0.3 is 0 Å². The Morgan fingerprint density at radius 1 is 0.812 bits per heavy atom. The highest BCUT2D eigenvalue weighted by atomic mass is 16.2. The topological polar surface area (TPSA) is 52.7 Å². The van der Waals surface area contributed by atoms with Crippen molar-refractivity contribution in [1.82, 2.24) is 15.1 Å². The first-order chi connectivity index (χ1) is 15.6. The van der Waals surface area contributed by atoms with Crippen LogP contribution < -0.4 is 5.32 Å². The number of rotatable bonds is 6. The lowest BCUT2D eigenvalue weighted by Gasteiger charge is -2.40. The first-order valence-corrected chi connectivity index (χ1v) is 12.1. The average molecular weight is 434 g/mol. The van der Waals surface area contributed by atoms with E-state index in [4.69, 9.17) is 0 Å². The van der Waals surface area contributed by atoms with Crippen molar-refractivity contribution in [2.24, 2.45) is 5.92 Å². The number of amides is 2. The summed E-state index contributed by atoms with van der Waals surface area (Å²) >= 11 is 0. The fourth-order valence-corrected chi connectivity index (χ4v) is 5.12. The van der Waals surface area contributed by atoms with Crippen molar-refractivity contribution >= 4 is 11.8 Å². The number of hydrogen-bond acceptors (Lipinski definition) is 3. The second-order valence-corrected chi connectivity index (χ2v) is 9.15. The Balaban J connectivity index is 1.36. The van der Waals surface area contributed by atoms with Crippen molar-refractivity contribution in [3.8, 4) is 0 Å². The maximum absolute atomic E-state index is 13.0. The predicted octanol–water partition coefficient (Wildman–Crippen LogP) is 4.01. The lowest BCUT2D eigenvalue weighted by Crippen LogP contribution is -2.55. The Bertz CT molecular complexity index is 833. The molecule has 1 atom stereocenters. The number of carbonyl (C=O) groups excluding carboxylic acids is 2. The molecule has 2 fully saturated rings. The van der Waals surface area contributed by atoms with Crippen LogP contribution in [0.3, 0.4) is 0 Å². The zero-order chi connectivity index (χ0) is 22.3. The van der Waals surface area contributed by atoms with Crippen molar-refractivity contribution < 1.29 is 9.59 Å². The van der Waals surface area contributed by atoms with Gasteiger partial charge in [0.2, 0.25) is 11.8 Å². The SMILES string of the molecule is CC(NC(=O)C1CCCCC1)C(=O)N1CCN(C(c2ccccc2)c2ccccc2)CC1. The van der Waals surface area contributed by atoms with Crippen LogP contribution in [0.2, 0.25) is 0 Å². The van der Waals surface area contributed by atoms with Gasteiger partial charge in [-0.25, -0.2) is 0 Å². The first-order valence-electron chi connectivity index (χ1n) is 12.1. The van der Waals surface area contributed by atoms with E-state index in [0.717, 1.165) is 38.8 Å². The molecule has 32 heavy (non-hydrogen) atoms. The van der Waals surface area contributed by atoms with E-state index in [9.17, 15) is 9.59 Å². The van der Waals surface area contributed by atoms with Gasteiger partial charge < -0.3 is 10.2 Å². The van der Waals surface area contributed by atoms with Crippen LogP contribution in [0.4, 0.5) is 0 Å². The number of nitrogens with one attached hydrogen (secondary N) is 1. The van der Waals surface area contributed by atoms with Crippen LogP contribution in [0.25, 0.3) is 0 Å². The molecule has 1 aliphatic heterocycles. The van der Waals surface area contributed by atoms with Crippen molar-refractivity contribution in [3.63, 3.8) is 0 Å². The van der Waals surface area contributed by atoms with Crippen LogP contribution in [-0.2, 0) is 9.59 Å². The standard InChI is InChI=1S/C27H35N3O2/c1-21(28-26(31)24-15-9-4-10-16-24)27(32)30-19-17-29(18-20-30)25(22-11-5-2-6-12-22)23-13-7-3-8-14-23/h2-3,5-8,11-14,21,24-25H,4,9-10,15-20H2,1H3,(H,28,31). The highest BCUT2D eigenvalue weighted by Crippen LogP contribution is 2.29. The molecule has 0 aromatic heterocycles. The van der Waals surface area contributed by atoms with Gasteiger partial charge in [0, 0.05) is 32.1 Å². The molecule has 2 aromatic rings. The molecule has 1 heterocycles.